The summed E-state index contributed by atoms with van der Waals surface area (Å²) in [7, 11) is 0. The summed E-state index contributed by atoms with van der Waals surface area (Å²) in [6, 6.07) is 18.6. The van der Waals surface area contributed by atoms with Crippen LogP contribution in [0.2, 0.25) is 0 Å². The standard InChI is InChI=1S/C21H20BrNO2/c1-14-3-8-19(13-15(14)2)23-18(10-12-21(24)25)9-11-20(23)16-4-6-17(22)7-5-16/h3-9,11,13H,10,12H2,1-2H3,(H,24,25). The second kappa shape index (κ2) is 7.28. The molecule has 0 saturated heterocycles. The van der Waals surface area contributed by atoms with Crippen molar-refractivity contribution < 1.29 is 9.90 Å². The van der Waals surface area contributed by atoms with Gasteiger partial charge < -0.3 is 9.67 Å². The van der Waals surface area contributed by atoms with Gasteiger partial charge in [-0.3, -0.25) is 4.79 Å². The zero-order valence-electron chi connectivity index (χ0n) is 14.3. The molecule has 0 aliphatic rings. The summed E-state index contributed by atoms with van der Waals surface area (Å²) in [5.41, 5.74) is 6.69. The molecule has 0 radical (unpaired) electrons. The SMILES string of the molecule is Cc1ccc(-n2c(CCC(=O)O)ccc2-c2ccc(Br)cc2)cc1C. The van der Waals surface area contributed by atoms with Gasteiger partial charge in [0, 0.05) is 15.9 Å². The first-order valence-electron chi connectivity index (χ1n) is 8.21. The van der Waals surface area contributed by atoms with Crippen LogP contribution in [0.25, 0.3) is 16.9 Å². The summed E-state index contributed by atoms with van der Waals surface area (Å²) in [5, 5.41) is 9.06. The van der Waals surface area contributed by atoms with Gasteiger partial charge in [-0.2, -0.15) is 0 Å². The highest BCUT2D eigenvalue weighted by atomic mass is 79.9. The highest BCUT2D eigenvalue weighted by molar-refractivity contribution is 9.10. The minimum atomic E-state index is -0.780. The number of aromatic nitrogens is 1. The molecule has 3 rings (SSSR count). The summed E-state index contributed by atoms with van der Waals surface area (Å²) in [6.07, 6.45) is 0.618. The Balaban J connectivity index is 2.13. The lowest BCUT2D eigenvalue weighted by Crippen LogP contribution is -2.05. The van der Waals surface area contributed by atoms with Crippen molar-refractivity contribution in [3.8, 4) is 16.9 Å². The van der Waals surface area contributed by atoms with Gasteiger partial charge >= 0.3 is 5.97 Å². The van der Waals surface area contributed by atoms with E-state index in [-0.39, 0.29) is 6.42 Å². The van der Waals surface area contributed by atoms with Gasteiger partial charge in [0.2, 0.25) is 0 Å². The summed E-state index contributed by atoms with van der Waals surface area (Å²) in [4.78, 5) is 11.0. The normalized spacial score (nSPS) is 10.8. The van der Waals surface area contributed by atoms with Crippen molar-refractivity contribution >= 4 is 21.9 Å². The highest BCUT2D eigenvalue weighted by Crippen LogP contribution is 2.29. The average Bonchev–Trinajstić information content (AvgIpc) is 3.00. The molecule has 1 N–H and O–H groups in total. The molecule has 0 bridgehead atoms. The molecular formula is C21H20BrNO2. The minimum Gasteiger partial charge on any atom is -0.481 e. The highest BCUT2D eigenvalue weighted by Gasteiger charge is 2.13. The first-order valence-corrected chi connectivity index (χ1v) is 9.01. The number of carbonyl (C=O) groups is 1. The molecule has 2 aromatic carbocycles. The fourth-order valence-corrected chi connectivity index (χ4v) is 3.19. The number of benzene rings is 2. The van der Waals surface area contributed by atoms with E-state index in [1.54, 1.807) is 0 Å². The van der Waals surface area contributed by atoms with Gasteiger partial charge in [0.25, 0.3) is 0 Å². The molecular weight excluding hydrogens is 378 g/mol. The number of hydrogen-bond donors (Lipinski definition) is 1. The molecule has 0 saturated carbocycles. The molecule has 0 atom stereocenters. The molecule has 128 valence electrons. The van der Waals surface area contributed by atoms with Crippen molar-refractivity contribution in [2.75, 3.05) is 0 Å². The topological polar surface area (TPSA) is 42.2 Å². The molecule has 0 aliphatic carbocycles. The number of aryl methyl sites for hydroxylation is 3. The summed E-state index contributed by atoms with van der Waals surface area (Å²) < 4.78 is 3.20. The molecule has 0 spiro atoms. The van der Waals surface area contributed by atoms with Crippen LogP contribution in [0.4, 0.5) is 0 Å². The van der Waals surface area contributed by atoms with Gasteiger partial charge in [0.15, 0.2) is 0 Å². The Morgan fingerprint density at radius 3 is 2.36 bits per heavy atom. The van der Waals surface area contributed by atoms with Crippen molar-refractivity contribution in [1.29, 1.82) is 0 Å². The van der Waals surface area contributed by atoms with E-state index in [0.29, 0.717) is 6.42 Å². The van der Waals surface area contributed by atoms with Gasteiger partial charge in [-0.25, -0.2) is 0 Å². The van der Waals surface area contributed by atoms with Crippen LogP contribution in [0.15, 0.2) is 59.1 Å². The third-order valence-electron chi connectivity index (χ3n) is 4.45. The third kappa shape index (κ3) is 3.85. The zero-order chi connectivity index (χ0) is 18.0. The Labute approximate surface area is 156 Å². The smallest absolute Gasteiger partial charge is 0.303 e. The number of aliphatic carboxylic acids is 1. The number of rotatable bonds is 5. The third-order valence-corrected chi connectivity index (χ3v) is 4.97. The van der Waals surface area contributed by atoms with Gasteiger partial charge in [-0.15, -0.1) is 0 Å². The second-order valence-corrected chi connectivity index (χ2v) is 7.13. The van der Waals surface area contributed by atoms with E-state index in [9.17, 15) is 4.79 Å². The molecule has 0 amide bonds. The van der Waals surface area contributed by atoms with Gasteiger partial charge in [-0.05, 0) is 73.4 Å². The predicted octanol–water partition coefficient (Wildman–Crippen LogP) is 5.54. The summed E-state index contributed by atoms with van der Waals surface area (Å²) in [5.74, 6) is -0.780. The lowest BCUT2D eigenvalue weighted by atomic mass is 10.1. The number of nitrogens with zero attached hydrogens (tertiary/aromatic N) is 1. The van der Waals surface area contributed by atoms with Crippen LogP contribution >= 0.6 is 15.9 Å². The van der Waals surface area contributed by atoms with Crippen LogP contribution in [0, 0.1) is 13.8 Å². The van der Waals surface area contributed by atoms with Crippen LogP contribution in [-0.4, -0.2) is 15.6 Å². The molecule has 0 fully saturated rings. The van der Waals surface area contributed by atoms with E-state index in [2.05, 4.69) is 70.7 Å². The first kappa shape index (κ1) is 17.5. The Morgan fingerprint density at radius 2 is 1.72 bits per heavy atom. The maximum absolute atomic E-state index is 11.0. The second-order valence-electron chi connectivity index (χ2n) is 6.21. The molecule has 1 heterocycles. The van der Waals surface area contributed by atoms with Crippen LogP contribution < -0.4 is 0 Å². The fraction of sp³-hybridized carbons (Fsp3) is 0.190. The van der Waals surface area contributed by atoms with Gasteiger partial charge in [0.1, 0.15) is 0 Å². The molecule has 4 heteroatoms. The lowest BCUT2D eigenvalue weighted by Gasteiger charge is -2.15. The number of halogens is 1. The maximum Gasteiger partial charge on any atom is 0.303 e. The van der Waals surface area contributed by atoms with Crippen molar-refractivity contribution in [1.82, 2.24) is 4.57 Å². The predicted molar refractivity (Wildman–Crippen MR) is 104 cm³/mol. The van der Waals surface area contributed by atoms with E-state index in [0.717, 1.165) is 27.1 Å². The monoisotopic (exact) mass is 397 g/mol. The van der Waals surface area contributed by atoms with Crippen molar-refractivity contribution in [3.63, 3.8) is 0 Å². The number of carboxylic acid groups (broad SMARTS) is 1. The van der Waals surface area contributed by atoms with Crippen molar-refractivity contribution in [3.05, 3.63) is 75.9 Å². The van der Waals surface area contributed by atoms with Crippen molar-refractivity contribution in [2.45, 2.75) is 26.7 Å². The zero-order valence-corrected chi connectivity index (χ0v) is 15.9. The molecule has 3 aromatic rings. The fourth-order valence-electron chi connectivity index (χ4n) is 2.92. The first-order chi connectivity index (χ1) is 12.0. The Hall–Kier alpha value is -2.33. The lowest BCUT2D eigenvalue weighted by molar-refractivity contribution is -0.136. The van der Waals surface area contributed by atoms with Crippen LogP contribution in [0.1, 0.15) is 23.2 Å². The quantitative estimate of drug-likeness (QED) is 0.613. The van der Waals surface area contributed by atoms with Gasteiger partial charge in [0.05, 0.1) is 12.1 Å². The van der Waals surface area contributed by atoms with Crippen LogP contribution in [0.5, 0.6) is 0 Å². The Morgan fingerprint density at radius 1 is 1.00 bits per heavy atom. The van der Waals surface area contributed by atoms with E-state index < -0.39 is 5.97 Å². The van der Waals surface area contributed by atoms with Gasteiger partial charge in [-0.1, -0.05) is 34.1 Å². The largest absolute Gasteiger partial charge is 0.481 e. The molecule has 1 aromatic heterocycles. The molecule has 25 heavy (non-hydrogen) atoms. The van der Waals surface area contributed by atoms with Crippen LogP contribution in [-0.2, 0) is 11.2 Å². The summed E-state index contributed by atoms with van der Waals surface area (Å²) in [6.45, 7) is 4.19. The molecule has 0 unspecified atom stereocenters. The minimum absolute atomic E-state index is 0.120. The van der Waals surface area contributed by atoms with E-state index in [1.807, 2.05) is 18.2 Å². The van der Waals surface area contributed by atoms with Crippen molar-refractivity contribution in [2.24, 2.45) is 0 Å². The Kier molecular flexibility index (Phi) is 5.09. The van der Waals surface area contributed by atoms with E-state index in [4.69, 9.17) is 5.11 Å². The number of carboxylic acids is 1. The number of hydrogen-bond acceptors (Lipinski definition) is 1. The van der Waals surface area contributed by atoms with E-state index >= 15 is 0 Å². The van der Waals surface area contributed by atoms with Crippen LogP contribution in [0.3, 0.4) is 0 Å². The Bertz CT molecular complexity index is 910. The maximum atomic E-state index is 11.0. The average molecular weight is 398 g/mol. The summed E-state index contributed by atoms with van der Waals surface area (Å²) >= 11 is 3.47. The van der Waals surface area contributed by atoms with E-state index in [1.165, 1.54) is 11.1 Å². The molecule has 3 nitrogen and oxygen atoms in total. The molecule has 0 aliphatic heterocycles.